The van der Waals surface area contributed by atoms with Gasteiger partial charge in [-0.2, -0.15) is 5.26 Å². The molecular weight excluding hydrogens is 376 g/mol. The highest BCUT2D eigenvalue weighted by molar-refractivity contribution is 9.10. The number of esters is 2. The Bertz CT molecular complexity index is 818. The second-order valence-electron chi connectivity index (χ2n) is 4.59. The number of halogens is 1. The fourth-order valence-corrected chi connectivity index (χ4v) is 2.52. The standard InChI is InChI=1S/C17H13BrN2O4/c1-23-16(21)13-5-3-4-8-20(15(13)17(22)24-2)14-7-6-12(18)9-11(14)10-19/h3-9H,1-2H3. The average Bonchev–Trinajstić information content (AvgIpc) is 2.82. The van der Waals surface area contributed by atoms with E-state index in [-0.39, 0.29) is 11.3 Å². The Balaban J connectivity index is 2.73. The lowest BCUT2D eigenvalue weighted by molar-refractivity contribution is -0.139. The highest BCUT2D eigenvalue weighted by atomic mass is 79.9. The van der Waals surface area contributed by atoms with E-state index in [1.165, 1.54) is 25.2 Å². The fraction of sp³-hybridized carbons (Fsp3) is 0.118. The number of ether oxygens (including phenoxy) is 2. The molecule has 0 aliphatic carbocycles. The van der Waals surface area contributed by atoms with Crippen molar-refractivity contribution in [2.24, 2.45) is 0 Å². The van der Waals surface area contributed by atoms with E-state index in [9.17, 15) is 14.9 Å². The molecule has 0 bridgehead atoms. The lowest BCUT2D eigenvalue weighted by Gasteiger charge is -2.24. The molecule has 0 fully saturated rings. The predicted molar refractivity (Wildman–Crippen MR) is 90.7 cm³/mol. The first-order chi connectivity index (χ1) is 11.5. The highest BCUT2D eigenvalue weighted by Gasteiger charge is 2.28. The number of allylic oxidation sites excluding steroid dienone is 2. The van der Waals surface area contributed by atoms with Crippen LogP contribution in [0, 0.1) is 11.3 Å². The summed E-state index contributed by atoms with van der Waals surface area (Å²) in [5, 5.41) is 9.39. The zero-order valence-electron chi connectivity index (χ0n) is 12.9. The van der Waals surface area contributed by atoms with Gasteiger partial charge in [-0.15, -0.1) is 0 Å². The molecule has 1 aliphatic rings. The number of nitrogens with zero attached hydrogens (tertiary/aromatic N) is 2. The number of methoxy groups -OCH3 is 2. The Morgan fingerprint density at radius 2 is 1.88 bits per heavy atom. The second kappa shape index (κ2) is 7.62. The van der Waals surface area contributed by atoms with Crippen molar-refractivity contribution in [3.63, 3.8) is 0 Å². The molecule has 0 aromatic heterocycles. The van der Waals surface area contributed by atoms with Gasteiger partial charge in [0.2, 0.25) is 0 Å². The molecule has 0 amide bonds. The molecule has 6 nitrogen and oxygen atoms in total. The summed E-state index contributed by atoms with van der Waals surface area (Å²) in [5.41, 5.74) is 0.748. The van der Waals surface area contributed by atoms with Gasteiger partial charge in [-0.25, -0.2) is 9.59 Å². The molecule has 0 atom stereocenters. The van der Waals surface area contributed by atoms with Gasteiger partial charge in [0.05, 0.1) is 31.0 Å². The van der Waals surface area contributed by atoms with E-state index >= 15 is 0 Å². The highest BCUT2D eigenvalue weighted by Crippen LogP contribution is 2.30. The smallest absolute Gasteiger partial charge is 0.355 e. The minimum atomic E-state index is -0.724. The third kappa shape index (κ3) is 3.39. The first-order valence-corrected chi connectivity index (χ1v) is 7.57. The molecule has 2 rings (SSSR count). The van der Waals surface area contributed by atoms with Crippen molar-refractivity contribution in [3.05, 3.63) is 63.9 Å². The number of carbonyl (C=O) groups is 2. The number of carbonyl (C=O) groups excluding carboxylic acids is 2. The molecule has 0 saturated carbocycles. The van der Waals surface area contributed by atoms with Crippen molar-refractivity contribution in [2.75, 3.05) is 19.1 Å². The van der Waals surface area contributed by atoms with Gasteiger partial charge in [0.25, 0.3) is 0 Å². The molecule has 0 spiro atoms. The number of rotatable bonds is 3. The van der Waals surface area contributed by atoms with Crippen LogP contribution in [-0.4, -0.2) is 26.2 Å². The van der Waals surface area contributed by atoms with Crippen LogP contribution in [-0.2, 0) is 19.1 Å². The van der Waals surface area contributed by atoms with E-state index in [4.69, 9.17) is 9.47 Å². The van der Waals surface area contributed by atoms with E-state index in [0.717, 1.165) is 4.47 Å². The number of hydrogen-bond acceptors (Lipinski definition) is 6. The number of anilines is 1. The van der Waals surface area contributed by atoms with Gasteiger partial charge in [-0.05, 0) is 30.4 Å². The molecule has 0 radical (unpaired) electrons. The van der Waals surface area contributed by atoms with Gasteiger partial charge in [0.15, 0.2) is 0 Å². The van der Waals surface area contributed by atoms with Gasteiger partial charge in [-0.1, -0.05) is 22.0 Å². The zero-order valence-corrected chi connectivity index (χ0v) is 14.5. The van der Waals surface area contributed by atoms with Gasteiger partial charge >= 0.3 is 11.9 Å². The first kappa shape index (κ1) is 17.5. The summed E-state index contributed by atoms with van der Waals surface area (Å²) >= 11 is 3.30. The fourth-order valence-electron chi connectivity index (χ4n) is 2.16. The van der Waals surface area contributed by atoms with E-state index < -0.39 is 11.9 Å². The molecule has 1 aromatic rings. The minimum absolute atomic E-state index is 0.0289. The van der Waals surface area contributed by atoms with Crippen molar-refractivity contribution in [1.82, 2.24) is 0 Å². The molecule has 0 N–H and O–H groups in total. The normalized spacial score (nSPS) is 13.3. The monoisotopic (exact) mass is 388 g/mol. The van der Waals surface area contributed by atoms with Crippen molar-refractivity contribution in [1.29, 1.82) is 5.26 Å². The predicted octanol–water partition coefficient (Wildman–Crippen LogP) is 2.81. The maximum Gasteiger partial charge on any atom is 0.355 e. The van der Waals surface area contributed by atoms with Gasteiger partial charge in [0, 0.05) is 10.7 Å². The Morgan fingerprint density at radius 3 is 2.50 bits per heavy atom. The minimum Gasteiger partial charge on any atom is -0.465 e. The summed E-state index contributed by atoms with van der Waals surface area (Å²) in [5.74, 6) is -1.41. The van der Waals surface area contributed by atoms with Gasteiger partial charge < -0.3 is 14.4 Å². The SMILES string of the molecule is COC(=O)C1=C(C(=O)OC)N(c2ccc(Br)cc2C#N)C=CC=C1. The summed E-state index contributed by atoms with van der Waals surface area (Å²) in [4.78, 5) is 25.8. The second-order valence-corrected chi connectivity index (χ2v) is 5.51. The van der Waals surface area contributed by atoms with Crippen LogP contribution < -0.4 is 4.90 Å². The molecule has 7 heteroatoms. The van der Waals surface area contributed by atoms with E-state index in [1.54, 1.807) is 36.6 Å². The third-order valence-corrected chi connectivity index (χ3v) is 3.72. The maximum absolute atomic E-state index is 12.3. The van der Waals surface area contributed by atoms with Crippen LogP contribution in [0.4, 0.5) is 5.69 Å². The Kier molecular flexibility index (Phi) is 5.55. The summed E-state index contributed by atoms with van der Waals surface area (Å²) < 4.78 is 10.3. The number of nitriles is 1. The molecule has 1 aromatic carbocycles. The summed E-state index contributed by atoms with van der Waals surface area (Å²) in [6.45, 7) is 0. The Morgan fingerprint density at radius 1 is 1.17 bits per heavy atom. The third-order valence-electron chi connectivity index (χ3n) is 3.23. The Labute approximate surface area is 147 Å². The van der Waals surface area contributed by atoms with E-state index in [2.05, 4.69) is 22.0 Å². The lowest BCUT2D eigenvalue weighted by atomic mass is 10.1. The van der Waals surface area contributed by atoms with Gasteiger partial charge in [0.1, 0.15) is 11.8 Å². The average molecular weight is 389 g/mol. The molecule has 1 heterocycles. The van der Waals surface area contributed by atoms with E-state index in [0.29, 0.717) is 11.3 Å². The van der Waals surface area contributed by atoms with Crippen LogP contribution in [0.1, 0.15) is 5.56 Å². The molecule has 0 saturated heterocycles. The lowest BCUT2D eigenvalue weighted by Crippen LogP contribution is -2.27. The van der Waals surface area contributed by atoms with Crippen molar-refractivity contribution in [3.8, 4) is 6.07 Å². The quantitative estimate of drug-likeness (QED) is 0.740. The number of hydrogen-bond donors (Lipinski definition) is 0. The molecular formula is C17H13BrN2O4. The van der Waals surface area contributed by atoms with Crippen LogP contribution >= 0.6 is 15.9 Å². The first-order valence-electron chi connectivity index (χ1n) is 6.78. The van der Waals surface area contributed by atoms with Crippen LogP contribution in [0.2, 0.25) is 0 Å². The van der Waals surface area contributed by atoms with Gasteiger partial charge in [-0.3, -0.25) is 0 Å². The molecule has 0 unspecified atom stereocenters. The Hall–Kier alpha value is -2.85. The van der Waals surface area contributed by atoms with Crippen LogP contribution in [0.3, 0.4) is 0 Å². The van der Waals surface area contributed by atoms with E-state index in [1.807, 2.05) is 0 Å². The molecule has 1 aliphatic heterocycles. The largest absolute Gasteiger partial charge is 0.465 e. The summed E-state index contributed by atoms with van der Waals surface area (Å²) in [6, 6.07) is 7.09. The number of benzene rings is 1. The molecule has 24 heavy (non-hydrogen) atoms. The van der Waals surface area contributed by atoms with Crippen LogP contribution in [0.15, 0.2) is 58.4 Å². The van der Waals surface area contributed by atoms with Crippen molar-refractivity contribution >= 4 is 33.6 Å². The molecule has 122 valence electrons. The summed E-state index contributed by atoms with van der Waals surface area (Å²) in [6.07, 6.45) is 6.27. The summed E-state index contributed by atoms with van der Waals surface area (Å²) in [7, 11) is 2.44. The van der Waals surface area contributed by atoms with Crippen LogP contribution in [0.25, 0.3) is 0 Å². The zero-order chi connectivity index (χ0) is 17.7. The van der Waals surface area contributed by atoms with Crippen LogP contribution in [0.5, 0.6) is 0 Å². The topological polar surface area (TPSA) is 79.6 Å². The van der Waals surface area contributed by atoms with Crippen molar-refractivity contribution in [2.45, 2.75) is 0 Å². The van der Waals surface area contributed by atoms with Crippen molar-refractivity contribution < 1.29 is 19.1 Å². The maximum atomic E-state index is 12.3.